The zero-order valence-corrected chi connectivity index (χ0v) is 19.8. The highest BCUT2D eigenvalue weighted by molar-refractivity contribution is 6.43. The van der Waals surface area contributed by atoms with Crippen molar-refractivity contribution in [1.82, 2.24) is 9.80 Å². The van der Waals surface area contributed by atoms with Gasteiger partial charge in [0.25, 0.3) is 0 Å². The van der Waals surface area contributed by atoms with E-state index in [0.29, 0.717) is 43.3 Å². The van der Waals surface area contributed by atoms with Crippen LogP contribution in [0.4, 0.5) is 14.9 Å². The second kappa shape index (κ2) is 9.30. The fourth-order valence-corrected chi connectivity index (χ4v) is 5.68. The number of rotatable bonds is 6. The number of primary amides is 1. The lowest BCUT2D eigenvalue weighted by molar-refractivity contribution is -0.111. The number of halogens is 1. The molecule has 1 fully saturated rings. The summed E-state index contributed by atoms with van der Waals surface area (Å²) >= 11 is 0. The highest BCUT2D eigenvalue weighted by atomic mass is 19.1. The van der Waals surface area contributed by atoms with Crippen molar-refractivity contribution in [3.63, 3.8) is 0 Å². The Bertz CT molecular complexity index is 1150. The number of hydrogen-bond acceptors (Lipinski definition) is 6. The molecule has 0 aromatic heterocycles. The molecule has 0 unspecified atom stereocenters. The Balaban J connectivity index is 1.45. The van der Waals surface area contributed by atoms with Crippen molar-refractivity contribution in [2.75, 3.05) is 44.3 Å². The highest BCUT2D eigenvalue weighted by Crippen LogP contribution is 2.48. The van der Waals surface area contributed by atoms with Crippen LogP contribution in [0.15, 0.2) is 53.6 Å². The first-order valence-corrected chi connectivity index (χ1v) is 12.0. The number of hydrazone groups is 1. The molecule has 2 atom stereocenters. The minimum absolute atomic E-state index is 0.101. The number of nitrogens with zero attached hydrogens (tertiary/aromatic N) is 4. The molecule has 3 heterocycles. The van der Waals surface area contributed by atoms with Gasteiger partial charge in [0, 0.05) is 39.2 Å². The van der Waals surface area contributed by atoms with Crippen molar-refractivity contribution in [2.45, 2.75) is 31.2 Å². The number of ketones is 1. The van der Waals surface area contributed by atoms with Gasteiger partial charge in [-0.05, 0) is 37.1 Å². The summed E-state index contributed by atoms with van der Waals surface area (Å²) in [7, 11) is 0. The van der Waals surface area contributed by atoms with Gasteiger partial charge in [0.2, 0.25) is 0 Å². The van der Waals surface area contributed by atoms with Gasteiger partial charge in [0.15, 0.2) is 5.78 Å². The van der Waals surface area contributed by atoms with E-state index in [2.05, 4.69) is 4.90 Å². The van der Waals surface area contributed by atoms with E-state index in [9.17, 15) is 14.0 Å². The van der Waals surface area contributed by atoms with E-state index in [4.69, 9.17) is 15.6 Å². The van der Waals surface area contributed by atoms with Gasteiger partial charge in [-0.15, -0.1) is 0 Å². The predicted octanol–water partition coefficient (Wildman–Crippen LogP) is 2.77. The van der Waals surface area contributed by atoms with Crippen molar-refractivity contribution in [1.29, 1.82) is 0 Å². The molecule has 35 heavy (non-hydrogen) atoms. The Labute approximate surface area is 204 Å². The summed E-state index contributed by atoms with van der Waals surface area (Å²) in [6.07, 6.45) is 1.50. The Morgan fingerprint density at radius 3 is 2.57 bits per heavy atom. The third kappa shape index (κ3) is 4.14. The Morgan fingerprint density at radius 2 is 1.89 bits per heavy atom. The van der Waals surface area contributed by atoms with Crippen LogP contribution in [0.2, 0.25) is 0 Å². The Kier molecular flexibility index (Phi) is 6.19. The predicted molar refractivity (Wildman–Crippen MR) is 131 cm³/mol. The number of hydrogen-bond donors (Lipinski definition) is 1. The first-order chi connectivity index (χ1) is 16.9. The van der Waals surface area contributed by atoms with E-state index < -0.39 is 5.41 Å². The minimum atomic E-state index is -0.688. The van der Waals surface area contributed by atoms with E-state index in [0.717, 1.165) is 31.6 Å². The van der Waals surface area contributed by atoms with Crippen LogP contribution in [-0.2, 0) is 10.2 Å². The van der Waals surface area contributed by atoms with E-state index >= 15 is 0 Å². The molecule has 8 nitrogen and oxygen atoms in total. The van der Waals surface area contributed by atoms with Gasteiger partial charge in [0.05, 0.1) is 5.41 Å². The number of urea groups is 1. The number of Topliss-reactive ketones (excluding diaryl/α,β-unsaturated/α-hetero) is 1. The van der Waals surface area contributed by atoms with Gasteiger partial charge in [0.1, 0.15) is 35.6 Å². The topological polar surface area (TPSA) is 91.5 Å². The molecule has 1 saturated heterocycles. The maximum atomic E-state index is 14.2. The number of ether oxygens (including phenoxy) is 1. The number of amides is 2. The monoisotopic (exact) mass is 479 g/mol. The molecule has 3 aliphatic rings. The molecule has 0 spiro atoms. The average Bonchev–Trinajstić information content (AvgIpc) is 3.21. The summed E-state index contributed by atoms with van der Waals surface area (Å²) in [6.45, 7) is 5.47. The molecule has 0 aliphatic carbocycles. The lowest BCUT2D eigenvalue weighted by Crippen LogP contribution is -2.54. The molecule has 0 radical (unpaired) electrons. The van der Waals surface area contributed by atoms with Crippen LogP contribution in [0.1, 0.15) is 25.3 Å². The number of anilines is 1. The van der Waals surface area contributed by atoms with Gasteiger partial charge >= 0.3 is 6.03 Å². The smallest absolute Gasteiger partial charge is 0.314 e. The third-order valence-electron chi connectivity index (χ3n) is 7.41. The summed E-state index contributed by atoms with van der Waals surface area (Å²) in [4.78, 5) is 28.4. The minimum Gasteiger partial charge on any atom is -0.489 e. The number of piperazine rings is 1. The fraction of sp³-hybridized carbons (Fsp3) is 0.423. The zero-order valence-electron chi connectivity index (χ0n) is 19.8. The molecule has 2 N–H and O–H groups in total. The standard InChI is InChI=1S/C26H30FN5O3/c1-18(33)24-26(19-6-3-2-4-7-19,10-5-11-30-12-14-31(15-13-30)25(28)34)23-17-35-22-9-8-20(27)16-21(22)32(23)29-24/h2-4,6-9,16,23H,5,10-15,17H2,1H3,(H2,28,34)/t23-,26+/m0/s1. The number of carbonyl (C=O) groups is 2. The van der Waals surface area contributed by atoms with Crippen LogP contribution in [0.25, 0.3) is 0 Å². The maximum Gasteiger partial charge on any atom is 0.314 e. The number of fused-ring (bicyclic) bond motifs is 3. The van der Waals surface area contributed by atoms with Crippen LogP contribution < -0.4 is 15.5 Å². The van der Waals surface area contributed by atoms with Gasteiger partial charge in [-0.1, -0.05) is 30.3 Å². The fourth-order valence-electron chi connectivity index (χ4n) is 5.68. The van der Waals surface area contributed by atoms with Crippen molar-refractivity contribution in [3.8, 4) is 5.75 Å². The van der Waals surface area contributed by atoms with Crippen molar-refractivity contribution in [2.24, 2.45) is 10.8 Å². The molecule has 9 heteroatoms. The molecule has 3 aliphatic heterocycles. The van der Waals surface area contributed by atoms with Crippen LogP contribution in [0, 0.1) is 5.82 Å². The summed E-state index contributed by atoms with van der Waals surface area (Å²) in [5.41, 5.74) is 6.75. The molecular formula is C26H30FN5O3. The third-order valence-corrected chi connectivity index (χ3v) is 7.41. The van der Waals surface area contributed by atoms with E-state index in [-0.39, 0.29) is 23.7 Å². The molecule has 2 aromatic rings. The van der Waals surface area contributed by atoms with Gasteiger partial charge < -0.3 is 15.4 Å². The molecular weight excluding hydrogens is 449 g/mol. The molecule has 5 rings (SSSR count). The maximum absolute atomic E-state index is 14.2. The largest absolute Gasteiger partial charge is 0.489 e. The first kappa shape index (κ1) is 23.3. The van der Waals surface area contributed by atoms with Gasteiger partial charge in [-0.3, -0.25) is 14.7 Å². The van der Waals surface area contributed by atoms with Crippen LogP contribution in [0.3, 0.4) is 0 Å². The summed E-state index contributed by atoms with van der Waals surface area (Å²) in [5.74, 6) is 0.0849. The van der Waals surface area contributed by atoms with Crippen molar-refractivity contribution < 1.29 is 18.7 Å². The summed E-state index contributed by atoms with van der Waals surface area (Å²) in [6, 6.07) is 13.7. The van der Waals surface area contributed by atoms with E-state index in [1.54, 1.807) is 22.9 Å². The van der Waals surface area contributed by atoms with Crippen LogP contribution in [-0.4, -0.2) is 72.7 Å². The molecule has 0 saturated carbocycles. The normalized spacial score (nSPS) is 23.8. The van der Waals surface area contributed by atoms with Crippen molar-refractivity contribution >= 4 is 23.2 Å². The van der Waals surface area contributed by atoms with Crippen LogP contribution >= 0.6 is 0 Å². The second-order valence-corrected chi connectivity index (χ2v) is 9.40. The van der Waals surface area contributed by atoms with E-state index in [1.807, 2.05) is 30.3 Å². The summed E-state index contributed by atoms with van der Waals surface area (Å²) < 4.78 is 20.2. The molecule has 184 valence electrons. The zero-order chi connectivity index (χ0) is 24.6. The number of carbonyl (C=O) groups excluding carboxylic acids is 2. The molecule has 0 bridgehead atoms. The highest BCUT2D eigenvalue weighted by Gasteiger charge is 2.55. The number of benzene rings is 2. The Hall–Kier alpha value is -3.46. The van der Waals surface area contributed by atoms with Gasteiger partial charge in [-0.2, -0.15) is 5.10 Å². The van der Waals surface area contributed by atoms with E-state index in [1.165, 1.54) is 12.1 Å². The SMILES string of the molecule is CC(=O)C1=NN2c3cc(F)ccc3OC[C@H]2[C@@]1(CCCN1CCN(C(N)=O)CC1)c1ccccc1. The summed E-state index contributed by atoms with van der Waals surface area (Å²) in [5, 5.41) is 6.59. The van der Waals surface area contributed by atoms with Gasteiger partial charge in [-0.25, -0.2) is 9.18 Å². The average molecular weight is 480 g/mol. The molecule has 2 aromatic carbocycles. The Morgan fingerprint density at radius 1 is 1.14 bits per heavy atom. The van der Waals surface area contributed by atoms with Crippen molar-refractivity contribution in [3.05, 3.63) is 59.9 Å². The second-order valence-electron chi connectivity index (χ2n) is 9.40. The first-order valence-electron chi connectivity index (χ1n) is 12.0. The van der Waals surface area contributed by atoms with Crippen LogP contribution in [0.5, 0.6) is 5.75 Å². The number of nitrogens with two attached hydrogens (primary N) is 1. The lowest BCUT2D eigenvalue weighted by Gasteiger charge is -2.42. The quantitative estimate of drug-likeness (QED) is 0.688. The lowest BCUT2D eigenvalue weighted by atomic mass is 9.67. The molecule has 2 amide bonds.